The summed E-state index contributed by atoms with van der Waals surface area (Å²) in [5.74, 6) is 0.149. The number of ether oxygens (including phenoxy) is 1. The number of thiazole rings is 1. The van der Waals surface area contributed by atoms with Crippen molar-refractivity contribution in [1.29, 1.82) is 0 Å². The Bertz CT molecular complexity index is 715. The van der Waals surface area contributed by atoms with Crippen LogP contribution in [0, 0.1) is 5.92 Å². The van der Waals surface area contributed by atoms with Crippen LogP contribution < -0.4 is 15.4 Å². The number of carbonyl (C=O) groups is 1. The molecule has 0 aliphatic carbocycles. The van der Waals surface area contributed by atoms with Gasteiger partial charge in [-0.05, 0) is 36.6 Å². The van der Waals surface area contributed by atoms with Crippen LogP contribution >= 0.6 is 11.3 Å². The van der Waals surface area contributed by atoms with Crippen molar-refractivity contribution in [2.75, 3.05) is 11.9 Å². The molecule has 1 heterocycles. The fourth-order valence-electron chi connectivity index (χ4n) is 2.04. The van der Waals surface area contributed by atoms with Crippen LogP contribution in [0.25, 0.3) is 0 Å². The summed E-state index contributed by atoms with van der Waals surface area (Å²) in [6, 6.07) is 5.35. The Labute approximate surface area is 153 Å². The Balaban J connectivity index is 1.85. The number of rotatable bonds is 8. The molecule has 1 amide bonds. The van der Waals surface area contributed by atoms with Crippen LogP contribution in [-0.4, -0.2) is 23.8 Å². The van der Waals surface area contributed by atoms with Gasteiger partial charge in [-0.1, -0.05) is 13.8 Å². The van der Waals surface area contributed by atoms with E-state index in [-0.39, 0.29) is 18.1 Å². The highest BCUT2D eigenvalue weighted by molar-refractivity contribution is 7.13. The number of hydrogen-bond donors (Lipinski definition) is 2. The number of nitrogens with zero attached hydrogens (tertiary/aromatic N) is 1. The van der Waals surface area contributed by atoms with Crippen molar-refractivity contribution in [2.45, 2.75) is 33.1 Å². The smallest absolute Gasteiger partial charge is 0.406 e. The van der Waals surface area contributed by atoms with Gasteiger partial charge in [0.1, 0.15) is 5.75 Å². The van der Waals surface area contributed by atoms with Gasteiger partial charge in [0.05, 0.1) is 12.1 Å². The Morgan fingerprint density at radius 2 is 1.96 bits per heavy atom. The van der Waals surface area contributed by atoms with E-state index in [1.165, 1.54) is 35.6 Å². The van der Waals surface area contributed by atoms with E-state index in [4.69, 9.17) is 0 Å². The van der Waals surface area contributed by atoms with Gasteiger partial charge in [-0.25, -0.2) is 4.98 Å². The first kappa shape index (κ1) is 20.0. The molecule has 0 aliphatic rings. The summed E-state index contributed by atoms with van der Waals surface area (Å²) in [6.07, 6.45) is -3.60. The number of carbonyl (C=O) groups excluding carboxylic acids is 1. The third-order valence-electron chi connectivity index (χ3n) is 3.28. The lowest BCUT2D eigenvalue weighted by Crippen LogP contribution is -2.26. The maximum absolute atomic E-state index is 12.1. The molecule has 0 radical (unpaired) electrons. The molecule has 1 aromatic carbocycles. The molecule has 0 unspecified atom stereocenters. The molecule has 0 spiro atoms. The largest absolute Gasteiger partial charge is 0.573 e. The van der Waals surface area contributed by atoms with Crippen molar-refractivity contribution in [3.05, 3.63) is 35.3 Å². The molecule has 2 N–H and O–H groups in total. The number of hydrogen-bond acceptors (Lipinski definition) is 5. The predicted molar refractivity (Wildman–Crippen MR) is 94.7 cm³/mol. The average molecular weight is 387 g/mol. The quantitative estimate of drug-likeness (QED) is 0.701. The lowest BCUT2D eigenvalue weighted by atomic mass is 10.1. The van der Waals surface area contributed by atoms with E-state index in [2.05, 4.69) is 34.2 Å². The van der Waals surface area contributed by atoms with E-state index in [1.807, 2.05) is 0 Å². The molecular formula is C17H20F3N3O2S. The number of alkyl halides is 3. The molecule has 142 valence electrons. The summed E-state index contributed by atoms with van der Waals surface area (Å²) in [5, 5.41) is 8.15. The molecule has 26 heavy (non-hydrogen) atoms. The Hall–Kier alpha value is -2.29. The van der Waals surface area contributed by atoms with E-state index in [0.717, 1.165) is 6.42 Å². The average Bonchev–Trinajstić information content (AvgIpc) is 2.94. The van der Waals surface area contributed by atoms with Crippen molar-refractivity contribution < 1.29 is 22.7 Å². The fraction of sp³-hybridized carbons (Fsp3) is 0.412. The van der Waals surface area contributed by atoms with Gasteiger partial charge in [0.15, 0.2) is 5.13 Å². The first-order chi connectivity index (χ1) is 12.2. The lowest BCUT2D eigenvalue weighted by molar-refractivity contribution is -0.274. The molecule has 0 aliphatic heterocycles. The number of halogens is 3. The van der Waals surface area contributed by atoms with Crippen LogP contribution in [0.1, 0.15) is 26.0 Å². The van der Waals surface area contributed by atoms with E-state index in [9.17, 15) is 18.0 Å². The SMILES string of the molecule is CC(C)CCNC(=O)Cc1csc(Nc2ccc(OC(F)(F)F)cc2)n1. The Morgan fingerprint density at radius 3 is 2.58 bits per heavy atom. The monoisotopic (exact) mass is 387 g/mol. The molecule has 0 saturated heterocycles. The molecule has 9 heteroatoms. The summed E-state index contributed by atoms with van der Waals surface area (Å²) < 4.78 is 40.2. The zero-order valence-electron chi connectivity index (χ0n) is 14.4. The maximum atomic E-state index is 12.1. The van der Waals surface area contributed by atoms with Gasteiger partial charge in [-0.2, -0.15) is 0 Å². The predicted octanol–water partition coefficient (Wildman–Crippen LogP) is 4.49. The maximum Gasteiger partial charge on any atom is 0.573 e. The van der Waals surface area contributed by atoms with Crippen LogP contribution in [-0.2, 0) is 11.2 Å². The Kier molecular flexibility index (Phi) is 6.84. The fourth-order valence-corrected chi connectivity index (χ4v) is 2.77. The summed E-state index contributed by atoms with van der Waals surface area (Å²) in [4.78, 5) is 16.1. The van der Waals surface area contributed by atoms with Crippen LogP contribution in [0.15, 0.2) is 29.6 Å². The van der Waals surface area contributed by atoms with Gasteiger partial charge in [0.25, 0.3) is 0 Å². The number of nitrogens with one attached hydrogen (secondary N) is 2. The summed E-state index contributed by atoms with van der Waals surface area (Å²) >= 11 is 1.32. The van der Waals surface area contributed by atoms with Crippen LogP contribution in [0.2, 0.25) is 0 Å². The van der Waals surface area contributed by atoms with Crippen molar-refractivity contribution in [1.82, 2.24) is 10.3 Å². The minimum absolute atomic E-state index is 0.0869. The molecule has 2 rings (SSSR count). The lowest BCUT2D eigenvalue weighted by Gasteiger charge is -2.09. The summed E-state index contributed by atoms with van der Waals surface area (Å²) in [6.45, 7) is 4.82. The van der Waals surface area contributed by atoms with Gasteiger partial charge in [-0.3, -0.25) is 4.79 Å². The third-order valence-corrected chi connectivity index (χ3v) is 4.08. The van der Waals surface area contributed by atoms with Gasteiger partial charge in [0.2, 0.25) is 5.91 Å². The van der Waals surface area contributed by atoms with Crippen LogP contribution in [0.5, 0.6) is 5.75 Å². The van der Waals surface area contributed by atoms with Gasteiger partial charge in [0, 0.05) is 17.6 Å². The number of anilines is 2. The molecule has 0 fully saturated rings. The third kappa shape index (κ3) is 7.30. The second-order valence-electron chi connectivity index (χ2n) is 6.05. The van der Waals surface area contributed by atoms with Crippen molar-refractivity contribution in [2.24, 2.45) is 5.92 Å². The minimum Gasteiger partial charge on any atom is -0.406 e. The van der Waals surface area contributed by atoms with Crippen LogP contribution in [0.4, 0.5) is 24.0 Å². The number of amides is 1. The van der Waals surface area contributed by atoms with Crippen molar-refractivity contribution >= 4 is 28.1 Å². The summed E-state index contributed by atoms with van der Waals surface area (Å²) in [5.41, 5.74) is 1.21. The highest BCUT2D eigenvalue weighted by Crippen LogP contribution is 2.26. The summed E-state index contributed by atoms with van der Waals surface area (Å²) in [7, 11) is 0. The second kappa shape index (κ2) is 8.88. The molecule has 2 aromatic rings. The molecule has 0 atom stereocenters. The highest BCUT2D eigenvalue weighted by Gasteiger charge is 2.30. The first-order valence-corrected chi connectivity index (χ1v) is 8.93. The first-order valence-electron chi connectivity index (χ1n) is 8.05. The zero-order valence-corrected chi connectivity index (χ0v) is 15.2. The molecule has 0 bridgehead atoms. The van der Waals surface area contributed by atoms with Gasteiger partial charge in [-0.15, -0.1) is 24.5 Å². The van der Waals surface area contributed by atoms with Crippen molar-refractivity contribution in [3.63, 3.8) is 0 Å². The topological polar surface area (TPSA) is 63.2 Å². The highest BCUT2D eigenvalue weighted by atomic mass is 32.1. The zero-order chi connectivity index (χ0) is 19.2. The molecule has 0 saturated carbocycles. The van der Waals surface area contributed by atoms with E-state index >= 15 is 0 Å². The standard InChI is InChI=1S/C17H20F3N3O2S/c1-11(2)7-8-21-15(24)9-13-10-26-16(23-13)22-12-3-5-14(6-4-12)25-17(18,19)20/h3-6,10-11H,7-9H2,1-2H3,(H,21,24)(H,22,23). The number of benzene rings is 1. The number of aromatic nitrogens is 1. The van der Waals surface area contributed by atoms with E-state index < -0.39 is 6.36 Å². The minimum atomic E-state index is -4.71. The van der Waals surface area contributed by atoms with Crippen molar-refractivity contribution in [3.8, 4) is 5.75 Å². The molecule has 1 aromatic heterocycles. The van der Waals surface area contributed by atoms with Crippen LogP contribution in [0.3, 0.4) is 0 Å². The van der Waals surface area contributed by atoms with Gasteiger partial charge >= 0.3 is 6.36 Å². The second-order valence-corrected chi connectivity index (χ2v) is 6.91. The van der Waals surface area contributed by atoms with Gasteiger partial charge < -0.3 is 15.4 Å². The normalized spacial score (nSPS) is 11.5. The van der Waals surface area contributed by atoms with E-state index in [0.29, 0.717) is 29.0 Å². The molecule has 5 nitrogen and oxygen atoms in total. The Morgan fingerprint density at radius 1 is 1.27 bits per heavy atom. The molecular weight excluding hydrogens is 367 g/mol. The van der Waals surface area contributed by atoms with E-state index in [1.54, 1.807) is 5.38 Å².